The summed E-state index contributed by atoms with van der Waals surface area (Å²) < 4.78 is 30.5. The zero-order chi connectivity index (χ0) is 52.4. The van der Waals surface area contributed by atoms with Crippen molar-refractivity contribution in [2.75, 3.05) is 0 Å². The van der Waals surface area contributed by atoms with Gasteiger partial charge < -0.3 is 29.6 Å². The van der Waals surface area contributed by atoms with Gasteiger partial charge in [-0.1, -0.05) is 239 Å². The van der Waals surface area contributed by atoms with E-state index in [9.17, 15) is 20.4 Å². The molecule has 0 fully saturated rings. The predicted molar refractivity (Wildman–Crippen MR) is 309 cm³/mol. The molecule has 4 unspecified atom stereocenters. The summed E-state index contributed by atoms with van der Waals surface area (Å²) in [5, 5.41) is 49.9. The topological polar surface area (TPSA) is 115 Å². The molecule has 10 heteroatoms. The fourth-order valence-corrected chi connectivity index (χ4v) is 14.6. The van der Waals surface area contributed by atoms with E-state index in [1.807, 2.05) is 175 Å². The van der Waals surface area contributed by atoms with Gasteiger partial charge in [0.15, 0.2) is 14.3 Å². The molecular weight excluding hydrogens is 1240 g/mol. The third kappa shape index (κ3) is 16.0. The second-order valence-corrected chi connectivity index (χ2v) is 27.9. The van der Waals surface area contributed by atoms with Crippen molar-refractivity contribution in [2.45, 2.75) is 119 Å². The minimum atomic E-state index is -3.15. The number of benzene rings is 8. The Bertz CT molecular complexity index is 2770. The molecule has 74 heavy (non-hydrogen) atoms. The molecular formula is C64H78O6P2Tb2. The molecule has 398 valence electrons. The van der Waals surface area contributed by atoms with Crippen molar-refractivity contribution in [2.24, 2.45) is 22.7 Å². The Morgan fingerprint density at radius 3 is 0.851 bits per heavy atom. The van der Waals surface area contributed by atoms with Gasteiger partial charge in [0.05, 0.1) is 24.4 Å². The Kier molecular flexibility index (Phi) is 24.5. The van der Waals surface area contributed by atoms with Gasteiger partial charge in [-0.2, -0.15) is 0 Å². The minimum absolute atomic E-state index is 0. The second kappa shape index (κ2) is 28.3. The molecule has 0 aliphatic heterocycles. The van der Waals surface area contributed by atoms with Crippen LogP contribution in [0.5, 0.6) is 0 Å². The molecule has 0 bridgehead atoms. The summed E-state index contributed by atoms with van der Waals surface area (Å²) >= 11 is 0. The molecule has 2 radical (unpaired) electrons. The van der Waals surface area contributed by atoms with E-state index in [0.29, 0.717) is 24.7 Å². The Labute approximate surface area is 503 Å². The van der Waals surface area contributed by atoms with Gasteiger partial charge in [-0.05, 0) is 86.4 Å². The summed E-state index contributed by atoms with van der Waals surface area (Å²) in [6.07, 6.45) is 0.985. The first-order valence-corrected chi connectivity index (χ1v) is 29.0. The molecule has 0 aromatic heterocycles. The van der Waals surface area contributed by atoms with E-state index in [-0.39, 0.29) is 100 Å². The molecule has 0 amide bonds. The van der Waals surface area contributed by atoms with Crippen molar-refractivity contribution in [3.63, 3.8) is 0 Å². The van der Waals surface area contributed by atoms with Crippen molar-refractivity contribution < 1.29 is 107 Å². The summed E-state index contributed by atoms with van der Waals surface area (Å²) in [6, 6.07) is 60.2. The van der Waals surface area contributed by atoms with Crippen molar-refractivity contribution in [3.05, 3.63) is 182 Å². The second-order valence-electron chi connectivity index (χ2n) is 22.4. The Hall–Kier alpha value is -2.59. The number of rotatable bonds is 14. The molecule has 4 N–H and O–H groups in total. The first-order valence-electron chi connectivity index (χ1n) is 25.6. The molecule has 4 atom stereocenters. The first kappa shape index (κ1) is 63.9. The third-order valence-electron chi connectivity index (χ3n) is 13.5. The van der Waals surface area contributed by atoms with Gasteiger partial charge in [0.1, 0.15) is 0 Å². The fraction of sp³-hybridized carbons (Fsp3) is 0.344. The number of hydrogen-bond donors (Lipinski definition) is 4. The van der Waals surface area contributed by atoms with Crippen LogP contribution in [0.25, 0.3) is 32.3 Å². The van der Waals surface area contributed by atoms with Crippen LogP contribution in [0.3, 0.4) is 0 Å². The van der Waals surface area contributed by atoms with Crippen LogP contribution in [0.2, 0.25) is 0 Å². The predicted octanol–water partition coefficient (Wildman–Crippen LogP) is 12.8. The van der Waals surface area contributed by atoms with Crippen LogP contribution in [-0.2, 0) is 9.13 Å². The summed E-state index contributed by atoms with van der Waals surface area (Å²) in [6.45, 7) is 20.2. The Morgan fingerprint density at radius 2 is 0.595 bits per heavy atom. The van der Waals surface area contributed by atoms with Crippen LogP contribution in [0.4, 0.5) is 0 Å². The number of aliphatic hydroxyl groups is 4. The third-order valence-corrected chi connectivity index (χ3v) is 19.6. The maximum atomic E-state index is 15.3. The quantitative estimate of drug-likeness (QED) is 0.0637. The number of fused-ring (bicyclic) bond motifs is 6. The van der Waals surface area contributed by atoms with E-state index in [0.717, 1.165) is 77.0 Å². The van der Waals surface area contributed by atoms with E-state index < -0.39 is 26.5 Å². The first-order chi connectivity index (χ1) is 34.0. The summed E-state index contributed by atoms with van der Waals surface area (Å²) in [7, 11) is -6.31. The van der Waals surface area contributed by atoms with Crippen LogP contribution in [0, 0.1) is 99.9 Å². The maximum Gasteiger partial charge on any atom is 0.171 e. The Balaban J connectivity index is 0.000000352. The van der Waals surface area contributed by atoms with Gasteiger partial charge in [0.25, 0.3) is 0 Å². The summed E-state index contributed by atoms with van der Waals surface area (Å²) in [5.74, 6) is 1.00. The van der Waals surface area contributed by atoms with Crippen LogP contribution < -0.4 is 31.8 Å². The van der Waals surface area contributed by atoms with Gasteiger partial charge in [-0.25, -0.2) is 0 Å². The number of hydrogen-bond acceptors (Lipinski definition) is 6. The monoisotopic (exact) mass is 1320 g/mol. The molecule has 0 spiro atoms. The molecule has 6 nitrogen and oxygen atoms in total. The standard InChI is InChI=1S/C42H30O2P2.2C11H24O2.2Tb/c43-45(31-15-5-1-6-16-31,32-17-7-2-8-18-32)35-25-27-39-40-28-26-36(30-42(40)38-24-14-13-23-37(38)41(39)29-35)46(44,33-19-9-3-10-20-33)34-21-11-4-12-22-34;1-10(2,3)8(12)7-9(13)11(4,5)6;1-8(2)5-10(12)7-11(13)6-9(3)4;;/h1-30H;8-9,12-13H,7H2,1-6H3;8-13H,5-7H2,1-4H3;;. The molecule has 0 aliphatic rings. The average Bonchev–Trinajstić information content (AvgIpc) is 3.36. The molecule has 0 saturated carbocycles. The molecule has 0 aliphatic carbocycles. The van der Waals surface area contributed by atoms with Gasteiger partial charge >= 0.3 is 0 Å². The average molecular weight is 1320 g/mol. The minimum Gasteiger partial charge on any atom is -0.393 e. The normalized spacial score (nSPS) is 13.7. The molecule has 8 aromatic rings. The van der Waals surface area contributed by atoms with Gasteiger partial charge in [-0.15, -0.1) is 0 Å². The smallest absolute Gasteiger partial charge is 0.171 e. The van der Waals surface area contributed by atoms with Crippen LogP contribution >= 0.6 is 14.3 Å². The van der Waals surface area contributed by atoms with Crippen LogP contribution in [-0.4, -0.2) is 44.8 Å². The van der Waals surface area contributed by atoms with Crippen molar-refractivity contribution in [1.29, 1.82) is 0 Å². The Morgan fingerprint density at radius 1 is 0.338 bits per heavy atom. The van der Waals surface area contributed by atoms with E-state index in [1.165, 1.54) is 0 Å². The van der Waals surface area contributed by atoms with E-state index in [1.54, 1.807) is 0 Å². The van der Waals surface area contributed by atoms with Crippen LogP contribution in [0.15, 0.2) is 182 Å². The summed E-state index contributed by atoms with van der Waals surface area (Å²) in [4.78, 5) is 0. The summed E-state index contributed by atoms with van der Waals surface area (Å²) in [5.41, 5.74) is -0.293. The van der Waals surface area contributed by atoms with Gasteiger partial charge in [-0.3, -0.25) is 0 Å². The zero-order valence-corrected chi connectivity index (χ0v) is 50.8. The van der Waals surface area contributed by atoms with Crippen molar-refractivity contribution in [1.82, 2.24) is 0 Å². The zero-order valence-electron chi connectivity index (χ0n) is 44.8. The number of aliphatic hydroxyl groups excluding tert-OH is 4. The molecule has 8 aromatic carbocycles. The van der Waals surface area contributed by atoms with Crippen molar-refractivity contribution >= 4 is 78.4 Å². The molecule has 0 saturated heterocycles. The maximum absolute atomic E-state index is 15.3. The largest absolute Gasteiger partial charge is 0.393 e. The molecule has 8 rings (SSSR count). The van der Waals surface area contributed by atoms with E-state index in [2.05, 4.69) is 76.2 Å². The van der Waals surface area contributed by atoms with Crippen molar-refractivity contribution in [3.8, 4) is 0 Å². The molecule has 0 heterocycles. The fourth-order valence-electron chi connectivity index (χ4n) is 9.28. The van der Waals surface area contributed by atoms with Gasteiger partial charge in [0.2, 0.25) is 0 Å². The van der Waals surface area contributed by atoms with Gasteiger partial charge in [0, 0.05) is 115 Å². The SMILES string of the molecule is CC(C)(C)C(O)CC(O)C(C)(C)C.CC(C)CC(O)CC(O)CC(C)C.O=P(c1ccccc1)(c1ccccc1)c1ccc2c3ccc(P(=O)(c4ccccc4)c4ccccc4)cc3c3ccccc3c2c1.[Tb].[Tb]. The van der Waals surface area contributed by atoms with E-state index >= 15 is 9.13 Å². The van der Waals surface area contributed by atoms with E-state index in [4.69, 9.17) is 0 Å². The van der Waals surface area contributed by atoms with Crippen LogP contribution in [0.1, 0.15) is 94.9 Å².